The van der Waals surface area contributed by atoms with Crippen molar-refractivity contribution in [3.63, 3.8) is 0 Å². The highest BCUT2D eigenvalue weighted by atomic mass is 32.2. The first-order chi connectivity index (χ1) is 13.5. The van der Waals surface area contributed by atoms with Gasteiger partial charge in [-0.15, -0.1) is 0 Å². The largest absolute Gasteiger partial charge is 0.323 e. The van der Waals surface area contributed by atoms with E-state index < -0.39 is 29.4 Å². The van der Waals surface area contributed by atoms with Gasteiger partial charge in [-0.25, -0.2) is 8.78 Å². The van der Waals surface area contributed by atoms with Crippen molar-refractivity contribution in [1.29, 1.82) is 0 Å². The smallest absolute Gasteiger partial charge is 0.248 e. The highest BCUT2D eigenvalue weighted by Gasteiger charge is 2.46. The lowest BCUT2D eigenvalue weighted by Gasteiger charge is -2.27. The fourth-order valence-corrected chi connectivity index (χ4v) is 4.70. The van der Waals surface area contributed by atoms with Gasteiger partial charge in [0.15, 0.2) is 0 Å². The summed E-state index contributed by atoms with van der Waals surface area (Å²) in [5.41, 5.74) is 1.82. The Morgan fingerprint density at radius 1 is 1.00 bits per heavy atom. The number of benzene rings is 3. The minimum Gasteiger partial charge on any atom is -0.323 e. The van der Waals surface area contributed by atoms with Crippen molar-refractivity contribution < 1.29 is 18.4 Å². The molecule has 138 valence electrons. The van der Waals surface area contributed by atoms with Crippen LogP contribution in [0.3, 0.4) is 0 Å². The molecule has 3 aromatic carbocycles. The number of hydrogen-bond acceptors (Lipinski definition) is 3. The van der Waals surface area contributed by atoms with E-state index in [1.54, 1.807) is 17.0 Å². The van der Waals surface area contributed by atoms with Gasteiger partial charge in [-0.2, -0.15) is 0 Å². The average molecular weight is 394 g/mol. The van der Waals surface area contributed by atoms with Gasteiger partial charge in [-0.1, -0.05) is 36.0 Å². The molecule has 3 aromatic rings. The molecule has 2 heterocycles. The molecule has 28 heavy (non-hydrogen) atoms. The lowest BCUT2D eigenvalue weighted by molar-refractivity contribution is -0.126. The number of carbonyl (C=O) groups is 2. The Bertz CT molecular complexity index is 1160. The number of halogens is 2. The van der Waals surface area contributed by atoms with Crippen molar-refractivity contribution >= 4 is 40.6 Å². The van der Waals surface area contributed by atoms with Gasteiger partial charge in [0.05, 0.1) is 17.1 Å². The Labute approximate surface area is 163 Å². The Balaban J connectivity index is 1.57. The number of anilines is 3. The molecular weight excluding hydrogens is 382 g/mol. The molecule has 2 aliphatic rings. The van der Waals surface area contributed by atoms with Crippen LogP contribution in [-0.2, 0) is 9.59 Å². The van der Waals surface area contributed by atoms with Gasteiger partial charge in [0, 0.05) is 15.9 Å². The first kappa shape index (κ1) is 16.9. The van der Waals surface area contributed by atoms with Crippen molar-refractivity contribution in [2.24, 2.45) is 0 Å². The number of rotatable bonds is 2. The molecule has 0 saturated carbocycles. The predicted octanol–water partition coefficient (Wildman–Crippen LogP) is 4.83. The molecule has 1 unspecified atom stereocenters. The van der Waals surface area contributed by atoms with Crippen molar-refractivity contribution in [2.45, 2.75) is 15.7 Å². The summed E-state index contributed by atoms with van der Waals surface area (Å²) in [5.74, 6) is -3.79. The molecule has 0 spiro atoms. The number of hydrogen-bond donors (Lipinski definition) is 1. The first-order valence-electron chi connectivity index (χ1n) is 8.54. The number of amides is 2. The van der Waals surface area contributed by atoms with E-state index in [0.717, 1.165) is 27.6 Å². The third-order valence-corrected chi connectivity index (χ3v) is 5.92. The molecule has 0 saturated heterocycles. The third kappa shape index (κ3) is 2.43. The first-order valence-corrected chi connectivity index (χ1v) is 9.36. The van der Waals surface area contributed by atoms with Crippen LogP contribution in [0.1, 0.15) is 11.5 Å². The molecule has 1 N–H and O–H groups in total. The van der Waals surface area contributed by atoms with Gasteiger partial charge in [0.2, 0.25) is 11.8 Å². The maximum Gasteiger partial charge on any atom is 0.248 e. The fourth-order valence-electron chi connectivity index (χ4n) is 3.60. The van der Waals surface area contributed by atoms with E-state index in [4.69, 9.17) is 0 Å². The highest BCUT2D eigenvalue weighted by Crippen LogP contribution is 2.55. The number of carbonyl (C=O) groups excluding carboxylic acids is 2. The van der Waals surface area contributed by atoms with Crippen LogP contribution in [0.2, 0.25) is 0 Å². The van der Waals surface area contributed by atoms with Crippen molar-refractivity contribution in [3.8, 4) is 0 Å². The third-order valence-electron chi connectivity index (χ3n) is 4.81. The molecular formula is C21H12F2N2O2S. The molecule has 0 bridgehead atoms. The van der Waals surface area contributed by atoms with Gasteiger partial charge < -0.3 is 5.32 Å². The van der Waals surface area contributed by atoms with Crippen molar-refractivity contribution in [1.82, 2.24) is 0 Å². The van der Waals surface area contributed by atoms with Crippen LogP contribution in [0.25, 0.3) is 0 Å². The number of nitrogens with zero attached hydrogens (tertiary/aromatic N) is 1. The van der Waals surface area contributed by atoms with E-state index in [2.05, 4.69) is 5.32 Å². The van der Waals surface area contributed by atoms with Crippen LogP contribution in [0, 0.1) is 11.6 Å². The second-order valence-electron chi connectivity index (χ2n) is 6.48. The molecule has 5 rings (SSSR count). The number of nitrogens with one attached hydrogen (secondary N) is 1. The van der Waals surface area contributed by atoms with Crippen LogP contribution in [0.5, 0.6) is 0 Å². The molecule has 0 aliphatic carbocycles. The summed E-state index contributed by atoms with van der Waals surface area (Å²) in [7, 11) is 0. The average Bonchev–Trinajstić information content (AvgIpc) is 2.98. The van der Waals surface area contributed by atoms with Crippen LogP contribution in [0.15, 0.2) is 70.5 Å². The molecule has 7 heteroatoms. The summed E-state index contributed by atoms with van der Waals surface area (Å²) in [5, 5.41) is 2.42. The SMILES string of the molecule is O=C(Nc1ccc(F)cc1F)C1C(=O)N2c3ccccc3Sc3cccc1c32. The molecule has 2 amide bonds. The Morgan fingerprint density at radius 2 is 1.79 bits per heavy atom. The van der Waals surface area contributed by atoms with Crippen LogP contribution >= 0.6 is 11.8 Å². The second-order valence-corrected chi connectivity index (χ2v) is 7.57. The van der Waals surface area contributed by atoms with Gasteiger partial charge in [-0.05, 0) is 35.9 Å². The van der Waals surface area contributed by atoms with Gasteiger partial charge in [0.1, 0.15) is 17.6 Å². The Kier molecular flexibility index (Phi) is 3.73. The van der Waals surface area contributed by atoms with Crippen LogP contribution < -0.4 is 10.2 Å². The molecule has 4 nitrogen and oxygen atoms in total. The summed E-state index contributed by atoms with van der Waals surface area (Å²) in [6, 6.07) is 15.8. The number of para-hydroxylation sites is 2. The Morgan fingerprint density at radius 3 is 2.61 bits per heavy atom. The summed E-state index contributed by atoms with van der Waals surface area (Å²) in [4.78, 5) is 29.5. The predicted molar refractivity (Wildman–Crippen MR) is 102 cm³/mol. The molecule has 0 fully saturated rings. The van der Waals surface area contributed by atoms with Crippen molar-refractivity contribution in [2.75, 3.05) is 10.2 Å². The number of fused-ring (bicyclic) bond motifs is 2. The standard InChI is InChI=1S/C21H12F2N2O2S/c22-11-8-9-14(13(23)10-11)24-20(26)18-12-4-3-7-17-19(12)25(21(18)27)15-5-1-2-6-16(15)28-17/h1-10,18H,(H,24,26). The lowest BCUT2D eigenvalue weighted by Crippen LogP contribution is -2.32. The summed E-state index contributed by atoms with van der Waals surface area (Å²) >= 11 is 1.54. The summed E-state index contributed by atoms with van der Waals surface area (Å²) in [6.07, 6.45) is 0. The van der Waals surface area contributed by atoms with E-state index in [1.165, 1.54) is 11.8 Å². The van der Waals surface area contributed by atoms with E-state index >= 15 is 0 Å². The zero-order valence-electron chi connectivity index (χ0n) is 14.3. The van der Waals surface area contributed by atoms with Gasteiger partial charge >= 0.3 is 0 Å². The zero-order valence-corrected chi connectivity index (χ0v) is 15.1. The summed E-state index contributed by atoms with van der Waals surface area (Å²) < 4.78 is 27.1. The second kappa shape index (κ2) is 6.17. The summed E-state index contributed by atoms with van der Waals surface area (Å²) in [6.45, 7) is 0. The monoisotopic (exact) mass is 394 g/mol. The minimum atomic E-state index is -1.11. The molecule has 0 radical (unpaired) electrons. The van der Waals surface area contributed by atoms with Gasteiger partial charge in [0.25, 0.3) is 0 Å². The quantitative estimate of drug-likeness (QED) is 0.634. The maximum atomic E-state index is 14.0. The van der Waals surface area contributed by atoms with E-state index in [0.29, 0.717) is 17.3 Å². The normalized spacial score (nSPS) is 16.6. The van der Waals surface area contributed by atoms with Crippen molar-refractivity contribution in [3.05, 3.63) is 77.9 Å². The van der Waals surface area contributed by atoms with E-state index in [9.17, 15) is 18.4 Å². The lowest BCUT2D eigenvalue weighted by atomic mass is 10.00. The highest BCUT2D eigenvalue weighted by molar-refractivity contribution is 7.99. The van der Waals surface area contributed by atoms with E-state index in [1.807, 2.05) is 30.3 Å². The molecule has 1 atom stereocenters. The Hall–Kier alpha value is -3.19. The van der Waals surface area contributed by atoms with Crippen LogP contribution in [-0.4, -0.2) is 11.8 Å². The van der Waals surface area contributed by atoms with E-state index in [-0.39, 0.29) is 5.69 Å². The topological polar surface area (TPSA) is 49.4 Å². The zero-order chi connectivity index (χ0) is 19.4. The van der Waals surface area contributed by atoms with Crippen LogP contribution in [0.4, 0.5) is 25.8 Å². The maximum absolute atomic E-state index is 14.0. The fraction of sp³-hybridized carbons (Fsp3) is 0.0476. The minimum absolute atomic E-state index is 0.167. The molecule has 0 aromatic heterocycles. The van der Waals surface area contributed by atoms with Gasteiger partial charge in [-0.3, -0.25) is 14.5 Å². The molecule has 2 aliphatic heterocycles.